The standard InChI is InChI=1S/C3H6F3NO2/c1-2(8,7-9)3(4,5)6/h7-9H,1H3. The van der Waals surface area contributed by atoms with Crippen molar-refractivity contribution in [2.24, 2.45) is 0 Å². The Morgan fingerprint density at radius 2 is 1.67 bits per heavy atom. The molecule has 0 spiro atoms. The van der Waals surface area contributed by atoms with Crippen molar-refractivity contribution >= 4 is 0 Å². The van der Waals surface area contributed by atoms with E-state index in [9.17, 15) is 13.2 Å². The number of nitrogens with one attached hydrogen (secondary N) is 1. The highest BCUT2D eigenvalue weighted by Crippen LogP contribution is 2.26. The molecule has 0 saturated heterocycles. The summed E-state index contributed by atoms with van der Waals surface area (Å²) in [7, 11) is 0. The monoisotopic (exact) mass is 145 g/mol. The number of rotatable bonds is 1. The molecule has 1 unspecified atom stereocenters. The fourth-order valence-electron chi connectivity index (χ4n) is 0.0634. The van der Waals surface area contributed by atoms with E-state index >= 15 is 0 Å². The predicted molar refractivity (Wildman–Crippen MR) is 21.6 cm³/mol. The van der Waals surface area contributed by atoms with Crippen LogP contribution in [-0.2, 0) is 0 Å². The van der Waals surface area contributed by atoms with Crippen molar-refractivity contribution in [3.63, 3.8) is 0 Å². The summed E-state index contributed by atoms with van der Waals surface area (Å²) >= 11 is 0. The van der Waals surface area contributed by atoms with Gasteiger partial charge in [-0.25, -0.2) is 0 Å². The zero-order valence-corrected chi connectivity index (χ0v) is 4.53. The Morgan fingerprint density at radius 1 is 1.33 bits per heavy atom. The second-order valence-corrected chi connectivity index (χ2v) is 1.68. The normalized spacial score (nSPS) is 19.3. The first-order chi connectivity index (χ1) is 3.81. The highest BCUT2D eigenvalue weighted by molar-refractivity contribution is 4.73. The molecule has 1 atom stereocenters. The van der Waals surface area contributed by atoms with Crippen LogP contribution in [0.5, 0.6) is 0 Å². The molecule has 9 heavy (non-hydrogen) atoms. The van der Waals surface area contributed by atoms with Crippen LogP contribution in [0.3, 0.4) is 0 Å². The van der Waals surface area contributed by atoms with Crippen molar-refractivity contribution in [2.75, 3.05) is 0 Å². The Morgan fingerprint density at radius 3 is 1.67 bits per heavy atom. The van der Waals surface area contributed by atoms with Gasteiger partial charge in [0.25, 0.3) is 0 Å². The average Bonchev–Trinajstić information content (AvgIpc) is 1.64. The minimum absolute atomic E-state index is 0.396. The SMILES string of the molecule is CC(O)(NO)C(F)(F)F. The van der Waals surface area contributed by atoms with Gasteiger partial charge in [-0.1, -0.05) is 0 Å². The molecule has 0 rings (SSSR count). The second-order valence-electron chi connectivity index (χ2n) is 1.68. The van der Waals surface area contributed by atoms with Crippen LogP contribution in [0.4, 0.5) is 13.2 Å². The molecule has 0 heterocycles. The second kappa shape index (κ2) is 2.13. The minimum Gasteiger partial charge on any atom is -0.366 e. The average molecular weight is 145 g/mol. The first-order valence-electron chi connectivity index (χ1n) is 2.01. The highest BCUT2D eigenvalue weighted by atomic mass is 19.4. The number of hydrogen-bond donors (Lipinski definition) is 3. The van der Waals surface area contributed by atoms with Crippen LogP contribution in [0.2, 0.25) is 0 Å². The molecule has 0 aromatic carbocycles. The lowest BCUT2D eigenvalue weighted by Crippen LogP contribution is -2.52. The Hall–Kier alpha value is -0.330. The molecule has 0 fully saturated rings. The van der Waals surface area contributed by atoms with Gasteiger partial charge in [0, 0.05) is 0 Å². The van der Waals surface area contributed by atoms with Crippen LogP contribution in [0.15, 0.2) is 0 Å². The Labute approximate surface area is 49.1 Å². The summed E-state index contributed by atoms with van der Waals surface area (Å²) in [4.78, 5) is 0. The molecule has 0 aromatic rings. The topological polar surface area (TPSA) is 52.5 Å². The first kappa shape index (κ1) is 8.67. The Kier molecular flexibility index (Phi) is 2.05. The van der Waals surface area contributed by atoms with Gasteiger partial charge in [-0.3, -0.25) is 0 Å². The zero-order chi connectivity index (χ0) is 7.71. The van der Waals surface area contributed by atoms with Gasteiger partial charge < -0.3 is 10.3 Å². The fraction of sp³-hybridized carbons (Fsp3) is 1.00. The van der Waals surface area contributed by atoms with Crippen molar-refractivity contribution < 1.29 is 23.5 Å². The third-order valence-electron chi connectivity index (χ3n) is 0.770. The lowest BCUT2D eigenvalue weighted by molar-refractivity contribution is -0.292. The molecular formula is C3H6F3NO2. The lowest BCUT2D eigenvalue weighted by Gasteiger charge is -2.23. The summed E-state index contributed by atoms with van der Waals surface area (Å²) in [5.74, 6) is 0. The number of hydroxylamine groups is 1. The van der Waals surface area contributed by atoms with Gasteiger partial charge in [0.15, 0.2) is 0 Å². The van der Waals surface area contributed by atoms with Crippen molar-refractivity contribution in [2.45, 2.75) is 18.8 Å². The van der Waals surface area contributed by atoms with E-state index in [-0.39, 0.29) is 0 Å². The zero-order valence-electron chi connectivity index (χ0n) is 4.53. The smallest absolute Gasteiger partial charge is 0.366 e. The Bertz CT molecular complexity index is 99.7. The van der Waals surface area contributed by atoms with Crippen LogP contribution >= 0.6 is 0 Å². The maximum Gasteiger partial charge on any atom is 0.432 e. The first-order valence-corrected chi connectivity index (χ1v) is 2.01. The highest BCUT2D eigenvalue weighted by Gasteiger charge is 2.49. The number of hydrogen-bond acceptors (Lipinski definition) is 3. The number of alkyl halides is 3. The molecule has 6 heteroatoms. The van der Waals surface area contributed by atoms with Gasteiger partial charge in [-0.2, -0.15) is 18.7 Å². The van der Waals surface area contributed by atoms with E-state index < -0.39 is 11.9 Å². The van der Waals surface area contributed by atoms with E-state index in [1.54, 1.807) is 0 Å². The predicted octanol–water partition coefficient (Wildman–Crippen LogP) is 0.236. The molecule has 0 aromatic heterocycles. The fourth-order valence-corrected chi connectivity index (χ4v) is 0.0634. The minimum atomic E-state index is -4.86. The Balaban J connectivity index is 4.14. The van der Waals surface area contributed by atoms with Crippen molar-refractivity contribution in [1.82, 2.24) is 5.48 Å². The van der Waals surface area contributed by atoms with E-state index in [4.69, 9.17) is 10.3 Å². The van der Waals surface area contributed by atoms with Gasteiger partial charge in [-0.15, -0.1) is 0 Å². The van der Waals surface area contributed by atoms with E-state index in [1.165, 1.54) is 0 Å². The molecule has 0 saturated carbocycles. The van der Waals surface area contributed by atoms with Gasteiger partial charge in [0.1, 0.15) is 0 Å². The quantitative estimate of drug-likeness (QED) is 0.366. The molecule has 0 radical (unpaired) electrons. The summed E-state index contributed by atoms with van der Waals surface area (Å²) in [6.45, 7) is 0.396. The molecule has 0 bridgehead atoms. The molecular weight excluding hydrogens is 139 g/mol. The molecule has 0 aliphatic heterocycles. The summed E-state index contributed by atoms with van der Waals surface area (Å²) in [5, 5.41) is 15.9. The third-order valence-corrected chi connectivity index (χ3v) is 0.770. The maximum atomic E-state index is 11.4. The van der Waals surface area contributed by atoms with Gasteiger partial charge >= 0.3 is 6.18 Å². The van der Waals surface area contributed by atoms with Crippen LogP contribution in [-0.4, -0.2) is 22.2 Å². The summed E-state index contributed by atoms with van der Waals surface area (Å²) in [5.41, 5.74) is -2.50. The van der Waals surface area contributed by atoms with E-state index in [1.807, 2.05) is 0 Å². The largest absolute Gasteiger partial charge is 0.432 e. The maximum absolute atomic E-state index is 11.4. The van der Waals surface area contributed by atoms with E-state index in [0.717, 1.165) is 0 Å². The summed E-state index contributed by atoms with van der Waals surface area (Å²) < 4.78 is 34.1. The molecule has 0 aliphatic rings. The number of aliphatic hydroxyl groups is 1. The van der Waals surface area contributed by atoms with Crippen LogP contribution < -0.4 is 5.48 Å². The number of halogens is 3. The summed E-state index contributed by atoms with van der Waals surface area (Å²) in [6.07, 6.45) is -4.86. The molecule has 56 valence electrons. The van der Waals surface area contributed by atoms with Crippen LogP contribution in [0.1, 0.15) is 6.92 Å². The van der Waals surface area contributed by atoms with Gasteiger partial charge in [0.05, 0.1) is 0 Å². The molecule has 3 nitrogen and oxygen atoms in total. The van der Waals surface area contributed by atoms with Gasteiger partial charge in [0.2, 0.25) is 5.72 Å². The molecule has 0 aliphatic carbocycles. The van der Waals surface area contributed by atoms with Crippen LogP contribution in [0.25, 0.3) is 0 Å². The van der Waals surface area contributed by atoms with Crippen molar-refractivity contribution in [3.8, 4) is 0 Å². The molecule has 3 N–H and O–H groups in total. The van der Waals surface area contributed by atoms with E-state index in [0.29, 0.717) is 12.4 Å². The van der Waals surface area contributed by atoms with Crippen molar-refractivity contribution in [1.29, 1.82) is 0 Å². The van der Waals surface area contributed by atoms with Crippen molar-refractivity contribution in [3.05, 3.63) is 0 Å². The third kappa shape index (κ3) is 1.81. The van der Waals surface area contributed by atoms with E-state index in [2.05, 4.69) is 0 Å². The van der Waals surface area contributed by atoms with Crippen LogP contribution in [0, 0.1) is 0 Å². The molecule has 0 amide bonds. The lowest BCUT2D eigenvalue weighted by atomic mass is 10.3. The summed E-state index contributed by atoms with van der Waals surface area (Å²) in [6, 6.07) is 0. The van der Waals surface area contributed by atoms with Gasteiger partial charge in [-0.05, 0) is 6.92 Å².